The molecule has 0 fully saturated rings. The normalized spacial score (nSPS) is 10.3. The Bertz CT molecular complexity index is 515. The molecule has 0 aliphatic rings. The number of anilines is 1. The minimum atomic E-state index is 0.887. The van der Waals surface area contributed by atoms with E-state index < -0.39 is 0 Å². The molecule has 0 atom stereocenters. The Hall–Kier alpha value is -1.76. The van der Waals surface area contributed by atoms with Crippen molar-refractivity contribution in [3.8, 4) is 0 Å². The van der Waals surface area contributed by atoms with Crippen molar-refractivity contribution < 1.29 is 0 Å². The first-order valence-electron chi connectivity index (χ1n) is 6.02. The summed E-state index contributed by atoms with van der Waals surface area (Å²) in [7, 11) is 0. The third kappa shape index (κ3) is 2.88. The van der Waals surface area contributed by atoms with Gasteiger partial charge in [-0.1, -0.05) is 42.0 Å². The van der Waals surface area contributed by atoms with E-state index in [1.807, 2.05) is 0 Å². The average Bonchev–Trinajstić information content (AvgIpc) is 2.32. The molecule has 0 saturated heterocycles. The van der Waals surface area contributed by atoms with Crippen LogP contribution in [0.2, 0.25) is 0 Å². The first-order valence-corrected chi connectivity index (χ1v) is 6.02. The molecule has 0 heterocycles. The van der Waals surface area contributed by atoms with Crippen molar-refractivity contribution in [1.82, 2.24) is 0 Å². The SMILES string of the molecule is Cc1ccc(C)c(CNc2ccccc2C)c1. The van der Waals surface area contributed by atoms with E-state index in [0.717, 1.165) is 6.54 Å². The fraction of sp³-hybridized carbons (Fsp3) is 0.250. The highest BCUT2D eigenvalue weighted by Gasteiger charge is 2.00. The van der Waals surface area contributed by atoms with Crippen LogP contribution >= 0.6 is 0 Å². The highest BCUT2D eigenvalue weighted by atomic mass is 14.9. The summed E-state index contributed by atoms with van der Waals surface area (Å²) in [4.78, 5) is 0. The van der Waals surface area contributed by atoms with Crippen molar-refractivity contribution in [3.63, 3.8) is 0 Å². The summed E-state index contributed by atoms with van der Waals surface area (Å²) >= 11 is 0. The molecule has 0 aliphatic carbocycles. The highest BCUT2D eigenvalue weighted by molar-refractivity contribution is 5.51. The van der Waals surface area contributed by atoms with Gasteiger partial charge in [-0.05, 0) is 43.5 Å². The molecule has 17 heavy (non-hydrogen) atoms. The van der Waals surface area contributed by atoms with Gasteiger partial charge in [-0.3, -0.25) is 0 Å². The molecule has 0 aliphatic heterocycles. The van der Waals surface area contributed by atoms with Crippen molar-refractivity contribution >= 4 is 5.69 Å². The second-order valence-electron chi connectivity index (χ2n) is 4.60. The van der Waals surface area contributed by atoms with E-state index >= 15 is 0 Å². The smallest absolute Gasteiger partial charge is 0.0403 e. The summed E-state index contributed by atoms with van der Waals surface area (Å²) in [6, 6.07) is 15.0. The second-order valence-corrected chi connectivity index (χ2v) is 4.60. The van der Waals surface area contributed by atoms with Crippen LogP contribution in [0.15, 0.2) is 42.5 Å². The second kappa shape index (κ2) is 5.05. The fourth-order valence-corrected chi connectivity index (χ4v) is 1.95. The Kier molecular flexibility index (Phi) is 3.48. The number of hydrogen-bond acceptors (Lipinski definition) is 1. The van der Waals surface area contributed by atoms with Gasteiger partial charge in [0, 0.05) is 12.2 Å². The standard InChI is InChI=1S/C16H19N/c1-12-8-9-13(2)15(10-12)11-17-16-7-5-4-6-14(16)3/h4-10,17H,11H2,1-3H3. The molecule has 0 aromatic heterocycles. The predicted octanol–water partition coefficient (Wildman–Crippen LogP) is 4.22. The van der Waals surface area contributed by atoms with E-state index in [4.69, 9.17) is 0 Å². The summed E-state index contributed by atoms with van der Waals surface area (Å²) < 4.78 is 0. The van der Waals surface area contributed by atoms with Crippen LogP contribution in [-0.2, 0) is 6.54 Å². The predicted molar refractivity (Wildman–Crippen MR) is 74.4 cm³/mol. The van der Waals surface area contributed by atoms with Crippen molar-refractivity contribution in [3.05, 3.63) is 64.7 Å². The first-order chi connectivity index (χ1) is 8.16. The maximum atomic E-state index is 3.50. The van der Waals surface area contributed by atoms with Gasteiger partial charge in [0.25, 0.3) is 0 Å². The molecule has 2 rings (SSSR count). The van der Waals surface area contributed by atoms with Gasteiger partial charge in [0.05, 0.1) is 0 Å². The van der Waals surface area contributed by atoms with Crippen molar-refractivity contribution in [1.29, 1.82) is 0 Å². The van der Waals surface area contributed by atoms with Crippen molar-refractivity contribution in [2.75, 3.05) is 5.32 Å². The highest BCUT2D eigenvalue weighted by Crippen LogP contribution is 2.16. The lowest BCUT2D eigenvalue weighted by Crippen LogP contribution is -2.02. The molecular formula is C16H19N. The van der Waals surface area contributed by atoms with Crippen LogP contribution in [0.3, 0.4) is 0 Å². The topological polar surface area (TPSA) is 12.0 Å². The monoisotopic (exact) mass is 225 g/mol. The first kappa shape index (κ1) is 11.7. The van der Waals surface area contributed by atoms with E-state index in [2.05, 4.69) is 68.6 Å². The molecule has 1 N–H and O–H groups in total. The molecular weight excluding hydrogens is 206 g/mol. The van der Waals surface area contributed by atoms with Crippen LogP contribution in [-0.4, -0.2) is 0 Å². The lowest BCUT2D eigenvalue weighted by molar-refractivity contribution is 1.10. The van der Waals surface area contributed by atoms with Gasteiger partial charge >= 0.3 is 0 Å². The van der Waals surface area contributed by atoms with Crippen LogP contribution in [0.25, 0.3) is 0 Å². The third-order valence-corrected chi connectivity index (χ3v) is 3.12. The van der Waals surface area contributed by atoms with E-state index in [9.17, 15) is 0 Å². The van der Waals surface area contributed by atoms with Gasteiger partial charge in [0.2, 0.25) is 0 Å². The van der Waals surface area contributed by atoms with Gasteiger partial charge in [-0.15, -0.1) is 0 Å². The molecule has 0 spiro atoms. The minimum Gasteiger partial charge on any atom is -0.381 e. The summed E-state index contributed by atoms with van der Waals surface area (Å²) in [5, 5.41) is 3.50. The van der Waals surface area contributed by atoms with Crippen LogP contribution < -0.4 is 5.32 Å². The largest absolute Gasteiger partial charge is 0.381 e. The summed E-state index contributed by atoms with van der Waals surface area (Å²) in [6.45, 7) is 7.31. The number of rotatable bonds is 3. The number of hydrogen-bond donors (Lipinski definition) is 1. The van der Waals surface area contributed by atoms with Crippen LogP contribution in [0.5, 0.6) is 0 Å². The Morgan fingerprint density at radius 2 is 1.65 bits per heavy atom. The summed E-state index contributed by atoms with van der Waals surface area (Å²) in [6.07, 6.45) is 0. The van der Waals surface area contributed by atoms with Crippen LogP contribution in [0.4, 0.5) is 5.69 Å². The van der Waals surface area contributed by atoms with E-state index in [1.54, 1.807) is 0 Å². The van der Waals surface area contributed by atoms with E-state index in [0.29, 0.717) is 0 Å². The Labute approximate surface area is 103 Å². The zero-order valence-electron chi connectivity index (χ0n) is 10.7. The van der Waals surface area contributed by atoms with Crippen LogP contribution in [0.1, 0.15) is 22.3 Å². The number of aryl methyl sites for hydroxylation is 3. The van der Waals surface area contributed by atoms with Gasteiger partial charge in [0.1, 0.15) is 0 Å². The van der Waals surface area contributed by atoms with Crippen molar-refractivity contribution in [2.24, 2.45) is 0 Å². The number of benzene rings is 2. The van der Waals surface area contributed by atoms with Gasteiger partial charge in [-0.25, -0.2) is 0 Å². The van der Waals surface area contributed by atoms with Gasteiger partial charge in [0.15, 0.2) is 0 Å². The molecule has 0 bridgehead atoms. The lowest BCUT2D eigenvalue weighted by atomic mass is 10.1. The molecule has 2 aromatic carbocycles. The zero-order valence-corrected chi connectivity index (χ0v) is 10.7. The third-order valence-electron chi connectivity index (χ3n) is 3.12. The molecule has 0 amide bonds. The van der Waals surface area contributed by atoms with Gasteiger partial charge in [-0.2, -0.15) is 0 Å². The van der Waals surface area contributed by atoms with E-state index in [1.165, 1.54) is 27.9 Å². The zero-order chi connectivity index (χ0) is 12.3. The number of para-hydroxylation sites is 1. The average molecular weight is 225 g/mol. The number of nitrogens with one attached hydrogen (secondary N) is 1. The maximum Gasteiger partial charge on any atom is 0.0403 e. The van der Waals surface area contributed by atoms with Crippen LogP contribution in [0, 0.1) is 20.8 Å². The van der Waals surface area contributed by atoms with Gasteiger partial charge < -0.3 is 5.32 Å². The summed E-state index contributed by atoms with van der Waals surface area (Å²) in [5.41, 5.74) is 6.54. The quantitative estimate of drug-likeness (QED) is 0.824. The fourth-order valence-electron chi connectivity index (χ4n) is 1.95. The molecule has 2 aromatic rings. The minimum absolute atomic E-state index is 0.887. The maximum absolute atomic E-state index is 3.50. The van der Waals surface area contributed by atoms with Crippen molar-refractivity contribution in [2.45, 2.75) is 27.3 Å². The summed E-state index contributed by atoms with van der Waals surface area (Å²) in [5.74, 6) is 0. The molecule has 1 nitrogen and oxygen atoms in total. The lowest BCUT2D eigenvalue weighted by Gasteiger charge is -2.11. The van der Waals surface area contributed by atoms with E-state index in [-0.39, 0.29) is 0 Å². The molecule has 0 saturated carbocycles. The molecule has 0 radical (unpaired) electrons. The Morgan fingerprint density at radius 3 is 2.41 bits per heavy atom. The molecule has 1 heteroatoms. The Morgan fingerprint density at radius 1 is 0.882 bits per heavy atom. The molecule has 0 unspecified atom stereocenters. The molecule has 88 valence electrons. The Balaban J connectivity index is 2.12.